The molecular formula is C26H33N5O3. The van der Waals surface area contributed by atoms with E-state index in [4.69, 9.17) is 9.62 Å². The number of hydrogen-bond donors (Lipinski definition) is 3. The van der Waals surface area contributed by atoms with Crippen LogP contribution >= 0.6 is 0 Å². The number of nitrogens with one attached hydrogen (secondary N) is 2. The molecule has 0 radical (unpaired) electrons. The zero-order valence-corrected chi connectivity index (χ0v) is 19.9. The van der Waals surface area contributed by atoms with Gasteiger partial charge >= 0.3 is 0 Å². The molecule has 0 aliphatic heterocycles. The molecule has 180 valence electrons. The van der Waals surface area contributed by atoms with Gasteiger partial charge in [-0.25, -0.2) is 5.21 Å². The van der Waals surface area contributed by atoms with Crippen LogP contribution in [0.2, 0.25) is 0 Å². The highest BCUT2D eigenvalue weighted by atomic mass is 16.8. The summed E-state index contributed by atoms with van der Waals surface area (Å²) < 4.78 is 5.94. The monoisotopic (exact) mass is 463 g/mol. The summed E-state index contributed by atoms with van der Waals surface area (Å²) in [5.74, 6) is 3.04. The van der Waals surface area contributed by atoms with Crippen molar-refractivity contribution in [3.63, 3.8) is 0 Å². The highest BCUT2D eigenvalue weighted by molar-refractivity contribution is 5.55. The molecule has 0 fully saturated rings. The molecule has 2 heterocycles. The van der Waals surface area contributed by atoms with E-state index in [9.17, 15) is 5.21 Å². The second-order valence-corrected chi connectivity index (χ2v) is 9.49. The minimum Gasteiger partial charge on any atom is -0.595 e. The summed E-state index contributed by atoms with van der Waals surface area (Å²) in [5, 5.41) is 31.3. The largest absolute Gasteiger partial charge is 0.595 e. The molecule has 1 unspecified atom stereocenters. The van der Waals surface area contributed by atoms with Crippen molar-refractivity contribution in [1.82, 2.24) is 20.5 Å². The number of hydrogen-bond acceptors (Lipinski definition) is 7. The van der Waals surface area contributed by atoms with Gasteiger partial charge in [0.2, 0.25) is 11.8 Å². The standard InChI is InChI=1S/C26H33N5O3/c1-17(2)24-13-21(18(3)12-22(24)16-28-15-19-8-10-27-11-9-19)14-25-29-30-26(34-25)20-4-6-23(7-5-20)31(32)33/h4-12,17,21-22,24,28,31-32H,13-16H2,1-3H3/t21-,22-,24-/m0/s1. The first-order valence-corrected chi connectivity index (χ1v) is 11.8. The van der Waals surface area contributed by atoms with Gasteiger partial charge in [-0.1, -0.05) is 25.5 Å². The lowest BCUT2D eigenvalue weighted by Gasteiger charge is -2.37. The summed E-state index contributed by atoms with van der Waals surface area (Å²) in [6.45, 7) is 8.61. The van der Waals surface area contributed by atoms with Gasteiger partial charge in [-0.15, -0.1) is 10.2 Å². The van der Waals surface area contributed by atoms with Crippen LogP contribution in [-0.2, 0) is 13.0 Å². The number of aromatic nitrogens is 3. The average molecular weight is 464 g/mol. The molecule has 0 bridgehead atoms. The fourth-order valence-corrected chi connectivity index (χ4v) is 4.81. The highest BCUT2D eigenvalue weighted by Gasteiger charge is 2.32. The maximum atomic E-state index is 11.1. The van der Waals surface area contributed by atoms with E-state index < -0.39 is 5.23 Å². The van der Waals surface area contributed by atoms with E-state index in [-0.39, 0.29) is 5.69 Å². The summed E-state index contributed by atoms with van der Waals surface area (Å²) in [7, 11) is 0. The smallest absolute Gasteiger partial charge is 0.247 e. The number of pyridine rings is 1. The van der Waals surface area contributed by atoms with Crippen LogP contribution in [0.5, 0.6) is 0 Å². The van der Waals surface area contributed by atoms with Crippen molar-refractivity contribution >= 4 is 5.69 Å². The molecule has 4 atom stereocenters. The minimum atomic E-state index is -0.956. The van der Waals surface area contributed by atoms with Gasteiger partial charge in [-0.3, -0.25) is 4.98 Å². The Hall–Kier alpha value is -2.91. The van der Waals surface area contributed by atoms with E-state index in [0.717, 1.165) is 25.1 Å². The molecule has 4 rings (SSSR count). The van der Waals surface area contributed by atoms with Crippen molar-refractivity contribution in [1.29, 1.82) is 0 Å². The van der Waals surface area contributed by atoms with Gasteiger partial charge in [0, 0.05) is 49.6 Å². The van der Waals surface area contributed by atoms with Crippen LogP contribution in [0, 0.1) is 28.9 Å². The van der Waals surface area contributed by atoms with Gasteiger partial charge < -0.3 is 14.9 Å². The van der Waals surface area contributed by atoms with Crippen LogP contribution in [0.25, 0.3) is 11.5 Å². The predicted molar refractivity (Wildman–Crippen MR) is 129 cm³/mol. The normalized spacial score (nSPS) is 21.5. The molecule has 3 N–H and O–H groups in total. The summed E-state index contributed by atoms with van der Waals surface area (Å²) in [5.41, 5.74) is 3.57. The molecule has 0 amide bonds. The van der Waals surface area contributed by atoms with Crippen LogP contribution in [0.4, 0.5) is 5.69 Å². The summed E-state index contributed by atoms with van der Waals surface area (Å²) >= 11 is 0. The minimum absolute atomic E-state index is 0.232. The maximum absolute atomic E-state index is 11.1. The quantitative estimate of drug-likeness (QED) is 0.327. The van der Waals surface area contributed by atoms with Gasteiger partial charge in [0.1, 0.15) is 0 Å². The first-order valence-electron chi connectivity index (χ1n) is 11.8. The van der Waals surface area contributed by atoms with Crippen LogP contribution < -0.4 is 10.5 Å². The van der Waals surface area contributed by atoms with Crippen LogP contribution in [0.1, 0.15) is 38.6 Å². The fraction of sp³-hybridized carbons (Fsp3) is 0.423. The van der Waals surface area contributed by atoms with Crippen molar-refractivity contribution in [3.8, 4) is 11.5 Å². The predicted octanol–water partition coefficient (Wildman–Crippen LogP) is 3.72. The maximum Gasteiger partial charge on any atom is 0.247 e. The third-order valence-electron chi connectivity index (χ3n) is 6.81. The molecule has 1 aromatic carbocycles. The number of benzene rings is 1. The molecule has 34 heavy (non-hydrogen) atoms. The number of quaternary nitrogens is 1. The van der Waals surface area contributed by atoms with E-state index in [1.165, 1.54) is 11.1 Å². The van der Waals surface area contributed by atoms with E-state index in [0.29, 0.717) is 41.9 Å². The second kappa shape index (κ2) is 11.0. The molecule has 8 heteroatoms. The zero-order valence-electron chi connectivity index (χ0n) is 19.9. The van der Waals surface area contributed by atoms with Gasteiger partial charge in [0.15, 0.2) is 5.69 Å². The Bertz CT molecular complexity index is 1080. The van der Waals surface area contributed by atoms with E-state index in [1.54, 1.807) is 24.3 Å². The average Bonchev–Trinajstić information content (AvgIpc) is 3.30. The molecule has 2 aromatic heterocycles. The molecule has 3 aromatic rings. The molecule has 8 nitrogen and oxygen atoms in total. The third-order valence-corrected chi connectivity index (χ3v) is 6.81. The Morgan fingerprint density at radius 3 is 2.56 bits per heavy atom. The van der Waals surface area contributed by atoms with Gasteiger partial charge in [-0.2, -0.15) is 5.23 Å². The Morgan fingerprint density at radius 1 is 1.15 bits per heavy atom. The Balaban J connectivity index is 1.40. The lowest BCUT2D eigenvalue weighted by atomic mass is 9.70. The summed E-state index contributed by atoms with van der Waals surface area (Å²) in [6, 6.07) is 10.6. The van der Waals surface area contributed by atoms with Crippen LogP contribution in [0.15, 0.2) is 64.9 Å². The van der Waals surface area contributed by atoms with Gasteiger partial charge in [-0.05, 0) is 66.8 Å². The Morgan fingerprint density at radius 2 is 1.88 bits per heavy atom. The molecule has 1 aliphatic rings. The van der Waals surface area contributed by atoms with Crippen molar-refractivity contribution in [3.05, 3.63) is 77.1 Å². The van der Waals surface area contributed by atoms with Gasteiger partial charge in [0.05, 0.1) is 0 Å². The first-order chi connectivity index (χ1) is 16.4. The number of nitrogens with zero attached hydrogens (tertiary/aromatic N) is 3. The van der Waals surface area contributed by atoms with E-state index in [1.807, 2.05) is 24.5 Å². The van der Waals surface area contributed by atoms with Crippen molar-refractivity contribution in [2.75, 3.05) is 6.54 Å². The first kappa shape index (κ1) is 24.2. The van der Waals surface area contributed by atoms with Gasteiger partial charge in [0.25, 0.3) is 0 Å². The number of allylic oxidation sites excluding steroid dienone is 1. The van der Waals surface area contributed by atoms with Crippen molar-refractivity contribution < 1.29 is 14.9 Å². The van der Waals surface area contributed by atoms with E-state index >= 15 is 0 Å². The SMILES string of the molecule is CC1=C[C@@H](CNCc2ccncc2)[C@H](C(C)C)C[C@H]1Cc1nnc(-c2ccc([NH+]([O-])O)cc2)o1. The van der Waals surface area contributed by atoms with Crippen LogP contribution in [0.3, 0.4) is 0 Å². The molecular weight excluding hydrogens is 430 g/mol. The van der Waals surface area contributed by atoms with Crippen molar-refractivity contribution in [2.45, 2.75) is 40.2 Å². The lowest BCUT2D eigenvalue weighted by Crippen LogP contribution is -2.99. The Kier molecular flexibility index (Phi) is 7.84. The highest BCUT2D eigenvalue weighted by Crippen LogP contribution is 2.38. The third kappa shape index (κ3) is 5.95. The molecule has 0 saturated carbocycles. The molecule has 0 saturated heterocycles. The summed E-state index contributed by atoms with van der Waals surface area (Å²) in [4.78, 5) is 4.08. The molecule has 1 aliphatic carbocycles. The van der Waals surface area contributed by atoms with Crippen molar-refractivity contribution in [2.24, 2.45) is 23.7 Å². The second-order valence-electron chi connectivity index (χ2n) is 9.49. The fourth-order valence-electron chi connectivity index (χ4n) is 4.81. The Labute approximate surface area is 200 Å². The zero-order chi connectivity index (χ0) is 24.1. The summed E-state index contributed by atoms with van der Waals surface area (Å²) in [6.07, 6.45) is 7.89. The van der Waals surface area contributed by atoms with E-state index in [2.05, 4.69) is 47.3 Å². The topological polar surface area (TPSA) is 112 Å². The lowest BCUT2D eigenvalue weighted by molar-refractivity contribution is -0.991. The number of rotatable bonds is 9. The molecule has 0 spiro atoms. The van der Waals surface area contributed by atoms with Crippen LogP contribution in [-0.4, -0.2) is 26.9 Å².